The summed E-state index contributed by atoms with van der Waals surface area (Å²) in [5.41, 5.74) is 1.92. The van der Waals surface area contributed by atoms with Gasteiger partial charge in [-0.25, -0.2) is 9.67 Å². The molecule has 132 valence electrons. The second-order valence-corrected chi connectivity index (χ2v) is 6.55. The molecule has 2 aromatic rings. The lowest BCUT2D eigenvalue weighted by molar-refractivity contribution is -0.144. The third-order valence-corrected chi connectivity index (χ3v) is 4.88. The molecule has 1 heterocycles. The van der Waals surface area contributed by atoms with Crippen molar-refractivity contribution in [3.63, 3.8) is 0 Å². The molecule has 0 radical (unpaired) electrons. The van der Waals surface area contributed by atoms with Crippen LogP contribution in [0.5, 0.6) is 0 Å². The number of rotatable bonds is 5. The Morgan fingerprint density at radius 3 is 2.36 bits per heavy atom. The first-order valence-corrected chi connectivity index (χ1v) is 8.52. The fourth-order valence-corrected chi connectivity index (χ4v) is 3.27. The van der Waals surface area contributed by atoms with E-state index in [-0.39, 0.29) is 23.8 Å². The number of hydrogen-bond donors (Lipinski definition) is 2. The molecular formula is C18H22N4O3. The molecule has 2 N–H and O–H groups in total. The van der Waals surface area contributed by atoms with Crippen LogP contribution < -0.4 is 5.32 Å². The number of nitrogens with one attached hydrogen (secondary N) is 1. The van der Waals surface area contributed by atoms with E-state index in [1.165, 1.54) is 6.33 Å². The van der Waals surface area contributed by atoms with Gasteiger partial charge in [0.1, 0.15) is 12.7 Å². The first kappa shape index (κ1) is 17.1. The van der Waals surface area contributed by atoms with Crippen LogP contribution in [-0.2, 0) is 9.59 Å². The summed E-state index contributed by atoms with van der Waals surface area (Å²) in [6.07, 6.45) is 5.55. The minimum atomic E-state index is -0.750. The van der Waals surface area contributed by atoms with Crippen LogP contribution in [-0.4, -0.2) is 31.7 Å². The van der Waals surface area contributed by atoms with Gasteiger partial charge in [0.15, 0.2) is 0 Å². The zero-order chi connectivity index (χ0) is 17.8. The predicted molar refractivity (Wildman–Crippen MR) is 91.0 cm³/mol. The molecule has 7 nitrogen and oxygen atoms in total. The minimum Gasteiger partial charge on any atom is -0.481 e. The van der Waals surface area contributed by atoms with Gasteiger partial charge in [-0.2, -0.15) is 5.10 Å². The molecule has 7 heteroatoms. The second-order valence-electron chi connectivity index (χ2n) is 6.55. The highest BCUT2D eigenvalue weighted by molar-refractivity contribution is 5.79. The van der Waals surface area contributed by atoms with E-state index in [9.17, 15) is 9.59 Å². The molecule has 0 bridgehead atoms. The number of hydrogen-bond acceptors (Lipinski definition) is 4. The van der Waals surface area contributed by atoms with Gasteiger partial charge in [0.2, 0.25) is 5.91 Å². The van der Waals surface area contributed by atoms with Gasteiger partial charge in [-0.3, -0.25) is 9.59 Å². The number of aliphatic carboxylic acids is 1. The van der Waals surface area contributed by atoms with E-state index in [1.807, 2.05) is 31.2 Å². The molecule has 1 fully saturated rings. The topological polar surface area (TPSA) is 97.1 Å². The van der Waals surface area contributed by atoms with E-state index in [0.29, 0.717) is 25.7 Å². The highest BCUT2D eigenvalue weighted by Crippen LogP contribution is 2.29. The second kappa shape index (κ2) is 7.46. The maximum Gasteiger partial charge on any atom is 0.306 e. The smallest absolute Gasteiger partial charge is 0.306 e. The van der Waals surface area contributed by atoms with Gasteiger partial charge in [0.25, 0.3) is 0 Å². The molecule has 25 heavy (non-hydrogen) atoms. The fraction of sp³-hybridized carbons (Fsp3) is 0.444. The van der Waals surface area contributed by atoms with Gasteiger partial charge < -0.3 is 10.4 Å². The van der Waals surface area contributed by atoms with Crippen LogP contribution in [0.2, 0.25) is 0 Å². The van der Waals surface area contributed by atoms with Crippen molar-refractivity contribution in [1.82, 2.24) is 20.1 Å². The third kappa shape index (κ3) is 4.04. The molecule has 0 aliphatic heterocycles. The first-order chi connectivity index (χ1) is 12.0. The molecule has 3 rings (SSSR count). The van der Waals surface area contributed by atoms with Crippen LogP contribution >= 0.6 is 0 Å². The zero-order valence-corrected chi connectivity index (χ0v) is 14.1. The number of carboxylic acid groups (broad SMARTS) is 1. The average Bonchev–Trinajstić information content (AvgIpc) is 3.16. The number of nitrogens with zero attached hydrogens (tertiary/aromatic N) is 3. The summed E-state index contributed by atoms with van der Waals surface area (Å²) >= 11 is 0. The summed E-state index contributed by atoms with van der Waals surface area (Å²) in [6.45, 7) is 1.95. The van der Waals surface area contributed by atoms with E-state index >= 15 is 0 Å². The Hall–Kier alpha value is -2.70. The Morgan fingerprint density at radius 1 is 1.16 bits per heavy atom. The molecule has 1 aliphatic rings. The van der Waals surface area contributed by atoms with Crippen molar-refractivity contribution in [1.29, 1.82) is 0 Å². The van der Waals surface area contributed by atoms with Crippen LogP contribution in [0.25, 0.3) is 5.69 Å². The Balaban J connectivity index is 1.56. The van der Waals surface area contributed by atoms with E-state index in [0.717, 1.165) is 11.3 Å². The largest absolute Gasteiger partial charge is 0.481 e. The van der Waals surface area contributed by atoms with Gasteiger partial charge in [0.05, 0.1) is 17.6 Å². The number of carbonyl (C=O) groups is 2. The highest BCUT2D eigenvalue weighted by Gasteiger charge is 2.30. The summed E-state index contributed by atoms with van der Waals surface area (Å²) in [5, 5.41) is 16.2. The minimum absolute atomic E-state index is 0.0108. The normalized spacial score (nSPS) is 21.5. The third-order valence-electron chi connectivity index (χ3n) is 4.88. The van der Waals surface area contributed by atoms with Gasteiger partial charge in [-0.15, -0.1) is 0 Å². The molecular weight excluding hydrogens is 320 g/mol. The molecule has 1 unspecified atom stereocenters. The zero-order valence-electron chi connectivity index (χ0n) is 14.1. The van der Waals surface area contributed by atoms with Crippen LogP contribution in [0.4, 0.5) is 0 Å². The van der Waals surface area contributed by atoms with Crippen molar-refractivity contribution in [3.8, 4) is 5.69 Å². The number of carboxylic acids is 1. The van der Waals surface area contributed by atoms with Crippen molar-refractivity contribution in [2.75, 3.05) is 0 Å². The maximum absolute atomic E-state index is 12.4. The molecule has 0 saturated heterocycles. The summed E-state index contributed by atoms with van der Waals surface area (Å²) in [6, 6.07) is 7.69. The molecule has 1 aromatic carbocycles. The van der Waals surface area contributed by atoms with Gasteiger partial charge in [0, 0.05) is 5.92 Å². The number of aromatic nitrogens is 3. The van der Waals surface area contributed by atoms with Crippen LogP contribution in [0.1, 0.15) is 44.2 Å². The van der Waals surface area contributed by atoms with Crippen molar-refractivity contribution in [2.45, 2.75) is 38.6 Å². The molecule has 1 aromatic heterocycles. The lowest BCUT2D eigenvalue weighted by atomic mass is 9.81. The SMILES string of the molecule is CC(NC(=O)C1CCC(C(=O)O)CC1)c1ccc(-n2cncn2)cc1. The first-order valence-electron chi connectivity index (χ1n) is 8.52. The molecule has 1 atom stereocenters. The number of amides is 1. The standard InChI is InChI=1S/C18H22N4O3/c1-12(13-6-8-16(9-7-13)22-11-19-10-20-22)21-17(23)14-2-4-15(5-3-14)18(24)25/h6-12,14-15H,2-5H2,1H3,(H,21,23)(H,24,25). The van der Waals surface area contributed by atoms with Crippen molar-refractivity contribution in [2.24, 2.45) is 11.8 Å². The lowest BCUT2D eigenvalue weighted by Gasteiger charge is -2.26. The fourth-order valence-electron chi connectivity index (χ4n) is 3.27. The Morgan fingerprint density at radius 2 is 1.80 bits per heavy atom. The van der Waals surface area contributed by atoms with Crippen molar-refractivity contribution >= 4 is 11.9 Å². The summed E-state index contributed by atoms with van der Waals surface area (Å²) in [7, 11) is 0. The van der Waals surface area contributed by atoms with E-state index in [1.54, 1.807) is 11.0 Å². The molecule has 0 spiro atoms. The van der Waals surface area contributed by atoms with Gasteiger partial charge >= 0.3 is 5.97 Å². The van der Waals surface area contributed by atoms with Crippen molar-refractivity contribution in [3.05, 3.63) is 42.5 Å². The Kier molecular flexibility index (Phi) is 5.11. The monoisotopic (exact) mass is 342 g/mol. The van der Waals surface area contributed by atoms with Crippen LogP contribution in [0.3, 0.4) is 0 Å². The summed E-state index contributed by atoms with van der Waals surface area (Å²) in [5.74, 6) is -1.13. The summed E-state index contributed by atoms with van der Waals surface area (Å²) in [4.78, 5) is 27.3. The Labute approximate surface area is 146 Å². The van der Waals surface area contributed by atoms with Crippen LogP contribution in [0.15, 0.2) is 36.9 Å². The highest BCUT2D eigenvalue weighted by atomic mass is 16.4. The molecule has 1 aliphatic carbocycles. The number of carbonyl (C=O) groups excluding carboxylic acids is 1. The maximum atomic E-state index is 12.4. The van der Waals surface area contributed by atoms with E-state index in [2.05, 4.69) is 15.4 Å². The van der Waals surface area contributed by atoms with Crippen LogP contribution in [0, 0.1) is 11.8 Å². The quantitative estimate of drug-likeness (QED) is 0.869. The molecule has 1 amide bonds. The Bertz CT molecular complexity index is 719. The van der Waals surface area contributed by atoms with E-state index in [4.69, 9.17) is 5.11 Å². The summed E-state index contributed by atoms with van der Waals surface area (Å²) < 4.78 is 1.67. The van der Waals surface area contributed by atoms with Gasteiger partial charge in [-0.05, 0) is 50.3 Å². The predicted octanol–water partition coefficient (Wildman–Crippen LogP) is 2.34. The molecule has 1 saturated carbocycles. The van der Waals surface area contributed by atoms with E-state index < -0.39 is 5.97 Å². The number of benzene rings is 1. The van der Waals surface area contributed by atoms with Gasteiger partial charge in [-0.1, -0.05) is 12.1 Å². The lowest BCUT2D eigenvalue weighted by Crippen LogP contribution is -2.35. The van der Waals surface area contributed by atoms with Crippen molar-refractivity contribution < 1.29 is 14.7 Å². The average molecular weight is 342 g/mol.